The van der Waals surface area contributed by atoms with Gasteiger partial charge in [0, 0.05) is 11.7 Å². The smallest absolute Gasteiger partial charge is 0.345 e. The number of hydrogen-bond donors (Lipinski definition) is 1. The molecule has 0 unspecified atom stereocenters. The number of fused-ring (bicyclic) bond motifs is 1. The number of imidazole rings is 1. The van der Waals surface area contributed by atoms with Gasteiger partial charge in [0.2, 0.25) is 0 Å². The molecule has 2 aromatic rings. The first-order valence-corrected chi connectivity index (χ1v) is 10.2. The molecule has 4 aliphatic rings. The SMILES string of the molecule is CCc1nc2ccc(C(F)(F)F)cn2c1C(=O)NC12CC3CC(CC(C3)C1)C2. The van der Waals surface area contributed by atoms with Crippen LogP contribution in [0.15, 0.2) is 18.3 Å². The number of amides is 1. The molecule has 2 heterocycles. The average molecular weight is 391 g/mol. The Morgan fingerprint density at radius 3 is 2.32 bits per heavy atom. The standard InChI is InChI=1S/C21H24F3N3O/c1-2-16-18(27-11-15(21(22,23)24)3-4-17(27)25-16)19(28)26-20-8-12-5-13(9-20)7-14(6-12)10-20/h3-4,11-14H,2,5-10H2,1H3,(H,26,28). The number of rotatable bonds is 3. The second-order valence-corrected chi connectivity index (χ2v) is 9.06. The maximum absolute atomic E-state index is 13.3. The van der Waals surface area contributed by atoms with Crippen LogP contribution in [0.25, 0.3) is 5.65 Å². The Bertz CT molecular complexity index is 911. The van der Waals surface area contributed by atoms with Gasteiger partial charge in [-0.1, -0.05) is 6.92 Å². The van der Waals surface area contributed by atoms with E-state index in [0.717, 1.165) is 31.5 Å². The van der Waals surface area contributed by atoms with Gasteiger partial charge in [0.05, 0.1) is 11.3 Å². The molecule has 0 aromatic carbocycles. The van der Waals surface area contributed by atoms with Crippen molar-refractivity contribution in [1.82, 2.24) is 14.7 Å². The van der Waals surface area contributed by atoms with Crippen molar-refractivity contribution in [2.75, 3.05) is 0 Å². The number of aryl methyl sites for hydroxylation is 1. The van der Waals surface area contributed by atoms with Crippen molar-refractivity contribution in [3.8, 4) is 0 Å². The van der Waals surface area contributed by atoms with E-state index in [2.05, 4.69) is 10.3 Å². The highest BCUT2D eigenvalue weighted by Crippen LogP contribution is 2.55. The van der Waals surface area contributed by atoms with Crippen LogP contribution < -0.4 is 5.32 Å². The highest BCUT2D eigenvalue weighted by atomic mass is 19.4. The van der Waals surface area contributed by atoms with Gasteiger partial charge in [-0.15, -0.1) is 0 Å². The number of hydrogen-bond acceptors (Lipinski definition) is 2. The summed E-state index contributed by atoms with van der Waals surface area (Å²) in [6.07, 6.45) is 3.81. The van der Waals surface area contributed by atoms with Crippen molar-refractivity contribution in [3.63, 3.8) is 0 Å². The molecule has 4 saturated carbocycles. The summed E-state index contributed by atoms with van der Waals surface area (Å²) in [6.45, 7) is 1.87. The number of halogens is 3. The monoisotopic (exact) mass is 391 g/mol. The predicted octanol–water partition coefficient (Wildman–Crippen LogP) is 4.61. The highest BCUT2D eigenvalue weighted by Gasteiger charge is 2.51. The van der Waals surface area contributed by atoms with Crippen LogP contribution in [-0.2, 0) is 12.6 Å². The summed E-state index contributed by atoms with van der Waals surface area (Å²) >= 11 is 0. The van der Waals surface area contributed by atoms with Crippen LogP contribution in [0.3, 0.4) is 0 Å². The first-order valence-electron chi connectivity index (χ1n) is 10.2. The van der Waals surface area contributed by atoms with E-state index in [1.54, 1.807) is 0 Å². The van der Waals surface area contributed by atoms with E-state index in [-0.39, 0.29) is 17.1 Å². The van der Waals surface area contributed by atoms with E-state index in [9.17, 15) is 18.0 Å². The van der Waals surface area contributed by atoms with Crippen molar-refractivity contribution in [3.05, 3.63) is 35.3 Å². The van der Waals surface area contributed by atoms with E-state index in [1.165, 1.54) is 29.7 Å². The summed E-state index contributed by atoms with van der Waals surface area (Å²) in [7, 11) is 0. The number of pyridine rings is 1. The van der Waals surface area contributed by atoms with Crippen molar-refractivity contribution in [2.24, 2.45) is 17.8 Å². The fraction of sp³-hybridized carbons (Fsp3) is 0.619. The van der Waals surface area contributed by atoms with Crippen LogP contribution in [0, 0.1) is 17.8 Å². The molecular weight excluding hydrogens is 367 g/mol. The van der Waals surface area contributed by atoms with Crippen LogP contribution in [0.5, 0.6) is 0 Å². The number of nitrogens with zero attached hydrogens (tertiary/aromatic N) is 2. The van der Waals surface area contributed by atoms with Crippen LogP contribution in [0.4, 0.5) is 13.2 Å². The molecule has 2 aromatic heterocycles. The maximum atomic E-state index is 13.3. The van der Waals surface area contributed by atoms with E-state index in [1.807, 2.05) is 6.92 Å². The van der Waals surface area contributed by atoms with Gasteiger partial charge in [0.15, 0.2) is 0 Å². The minimum absolute atomic E-state index is 0.192. The first-order chi connectivity index (χ1) is 13.3. The largest absolute Gasteiger partial charge is 0.417 e. The van der Waals surface area contributed by atoms with E-state index >= 15 is 0 Å². The predicted molar refractivity (Wildman–Crippen MR) is 97.9 cm³/mol. The maximum Gasteiger partial charge on any atom is 0.417 e. The quantitative estimate of drug-likeness (QED) is 0.830. The van der Waals surface area contributed by atoms with Gasteiger partial charge >= 0.3 is 6.18 Å². The molecule has 1 N–H and O–H groups in total. The fourth-order valence-corrected chi connectivity index (χ4v) is 6.31. The Hall–Kier alpha value is -2.05. The lowest BCUT2D eigenvalue weighted by Gasteiger charge is -2.56. The van der Waals surface area contributed by atoms with E-state index in [4.69, 9.17) is 0 Å². The molecule has 0 spiro atoms. The van der Waals surface area contributed by atoms with Crippen molar-refractivity contribution < 1.29 is 18.0 Å². The molecular formula is C21H24F3N3O. The molecule has 4 nitrogen and oxygen atoms in total. The molecule has 4 fully saturated rings. The zero-order chi connectivity index (χ0) is 19.7. The summed E-state index contributed by atoms with van der Waals surface area (Å²) in [5.74, 6) is 1.74. The lowest BCUT2D eigenvalue weighted by atomic mass is 9.53. The molecule has 7 heteroatoms. The second-order valence-electron chi connectivity index (χ2n) is 9.06. The number of carbonyl (C=O) groups excluding carboxylic acids is 1. The van der Waals surface area contributed by atoms with Gasteiger partial charge in [0.1, 0.15) is 11.3 Å². The van der Waals surface area contributed by atoms with Gasteiger partial charge in [0.25, 0.3) is 5.91 Å². The van der Waals surface area contributed by atoms with Crippen LogP contribution in [-0.4, -0.2) is 20.8 Å². The summed E-state index contributed by atoms with van der Waals surface area (Å²) in [5.41, 5.74) is 0.202. The molecule has 4 bridgehead atoms. The van der Waals surface area contributed by atoms with Gasteiger partial charge in [-0.05, 0) is 74.8 Å². The molecule has 150 valence electrons. The highest BCUT2D eigenvalue weighted by molar-refractivity contribution is 5.95. The zero-order valence-electron chi connectivity index (χ0n) is 15.9. The lowest BCUT2D eigenvalue weighted by molar-refractivity contribution is -0.137. The second kappa shape index (κ2) is 5.97. The number of alkyl halides is 3. The summed E-state index contributed by atoms with van der Waals surface area (Å²) in [5, 5.41) is 3.27. The molecule has 0 radical (unpaired) electrons. The third kappa shape index (κ3) is 2.81. The van der Waals surface area contributed by atoms with Gasteiger partial charge in [-0.25, -0.2) is 4.98 Å². The Morgan fingerprint density at radius 1 is 1.18 bits per heavy atom. The summed E-state index contributed by atoms with van der Waals surface area (Å²) in [6, 6.07) is 2.35. The molecule has 0 atom stereocenters. The zero-order valence-corrected chi connectivity index (χ0v) is 15.9. The molecule has 1 amide bonds. The number of carbonyl (C=O) groups is 1. The topological polar surface area (TPSA) is 46.4 Å². The summed E-state index contributed by atoms with van der Waals surface area (Å²) in [4.78, 5) is 17.7. The van der Waals surface area contributed by atoms with Crippen LogP contribution >= 0.6 is 0 Å². The Kier molecular flexibility index (Phi) is 3.84. The van der Waals surface area contributed by atoms with Crippen molar-refractivity contribution in [2.45, 2.75) is 63.6 Å². The fourth-order valence-electron chi connectivity index (χ4n) is 6.31. The van der Waals surface area contributed by atoms with E-state index < -0.39 is 11.7 Å². The van der Waals surface area contributed by atoms with Gasteiger partial charge in [-0.3, -0.25) is 9.20 Å². The van der Waals surface area contributed by atoms with Crippen molar-refractivity contribution in [1.29, 1.82) is 0 Å². The number of aromatic nitrogens is 2. The van der Waals surface area contributed by atoms with E-state index in [0.29, 0.717) is 35.5 Å². The summed E-state index contributed by atoms with van der Waals surface area (Å²) < 4.78 is 40.9. The van der Waals surface area contributed by atoms with Gasteiger partial charge in [-0.2, -0.15) is 13.2 Å². The minimum atomic E-state index is -4.46. The minimum Gasteiger partial charge on any atom is -0.345 e. The molecule has 6 rings (SSSR count). The Balaban J connectivity index is 1.52. The third-order valence-corrected chi connectivity index (χ3v) is 6.98. The molecule has 4 aliphatic carbocycles. The first kappa shape index (κ1) is 18.0. The molecule has 0 saturated heterocycles. The molecule has 28 heavy (non-hydrogen) atoms. The number of nitrogens with one attached hydrogen (secondary N) is 1. The third-order valence-electron chi connectivity index (χ3n) is 6.98. The average Bonchev–Trinajstić information content (AvgIpc) is 2.97. The van der Waals surface area contributed by atoms with Crippen molar-refractivity contribution >= 4 is 11.6 Å². The Morgan fingerprint density at radius 2 is 1.79 bits per heavy atom. The van der Waals surface area contributed by atoms with Crippen LogP contribution in [0.2, 0.25) is 0 Å². The van der Waals surface area contributed by atoms with Gasteiger partial charge < -0.3 is 5.32 Å². The normalized spacial score (nSPS) is 31.5. The molecule has 0 aliphatic heterocycles. The van der Waals surface area contributed by atoms with Crippen LogP contribution in [0.1, 0.15) is 67.2 Å². The Labute approximate surface area is 161 Å². The lowest BCUT2D eigenvalue weighted by Crippen LogP contribution is -2.60.